The van der Waals surface area contributed by atoms with Crippen molar-refractivity contribution >= 4 is 5.91 Å². The van der Waals surface area contributed by atoms with Crippen molar-refractivity contribution in [3.8, 4) is 0 Å². The molecule has 0 aromatic rings. The van der Waals surface area contributed by atoms with Gasteiger partial charge in [-0.25, -0.2) is 0 Å². The van der Waals surface area contributed by atoms with E-state index < -0.39 is 0 Å². The molecule has 14 heavy (non-hydrogen) atoms. The third-order valence-electron chi connectivity index (χ3n) is 4.06. The van der Waals surface area contributed by atoms with Crippen LogP contribution in [0.3, 0.4) is 0 Å². The molecule has 3 aliphatic rings. The van der Waals surface area contributed by atoms with Crippen LogP contribution in [0, 0.1) is 11.8 Å². The Balaban J connectivity index is 1.57. The number of rotatable bonds is 2. The number of carbonyl (C=O) groups is 1. The first kappa shape index (κ1) is 8.72. The monoisotopic (exact) mass is 194 g/mol. The Morgan fingerprint density at radius 2 is 2.21 bits per heavy atom. The van der Waals surface area contributed by atoms with Gasteiger partial charge in [0, 0.05) is 19.0 Å². The number of piperidine rings is 1. The van der Waals surface area contributed by atoms with Crippen molar-refractivity contribution in [2.75, 3.05) is 19.6 Å². The average Bonchev–Trinajstić information content (AvgIpc) is 2.71. The number of likely N-dealkylation sites (tertiary alicyclic amines) is 1. The highest BCUT2D eigenvalue weighted by Crippen LogP contribution is 2.37. The molecule has 1 saturated carbocycles. The molecule has 2 aliphatic heterocycles. The summed E-state index contributed by atoms with van der Waals surface area (Å²) in [5, 5.41) is 3.22. The molecule has 78 valence electrons. The van der Waals surface area contributed by atoms with Crippen LogP contribution in [0.15, 0.2) is 0 Å². The molecule has 0 radical (unpaired) electrons. The van der Waals surface area contributed by atoms with Crippen molar-refractivity contribution in [1.29, 1.82) is 0 Å². The summed E-state index contributed by atoms with van der Waals surface area (Å²) in [6.45, 7) is 3.16. The van der Waals surface area contributed by atoms with Gasteiger partial charge in [0.1, 0.15) is 0 Å². The minimum atomic E-state index is 0.420. The standard InChI is InChI=1S/C11H18N2O/c14-11(4-9-5-12-6-9)13-7-8-1-2-10(13)3-8/h8-10,12H,1-7H2. The zero-order valence-electron chi connectivity index (χ0n) is 8.54. The maximum atomic E-state index is 11.9. The molecule has 1 aliphatic carbocycles. The van der Waals surface area contributed by atoms with Gasteiger partial charge in [-0.2, -0.15) is 0 Å². The lowest BCUT2D eigenvalue weighted by Gasteiger charge is -2.32. The summed E-state index contributed by atoms with van der Waals surface area (Å²) in [5.74, 6) is 1.88. The number of hydrogen-bond acceptors (Lipinski definition) is 2. The van der Waals surface area contributed by atoms with E-state index >= 15 is 0 Å². The Labute approximate surface area is 84.8 Å². The van der Waals surface area contributed by atoms with Crippen molar-refractivity contribution in [1.82, 2.24) is 10.2 Å². The first-order chi connectivity index (χ1) is 6.83. The molecule has 0 spiro atoms. The summed E-state index contributed by atoms with van der Waals surface area (Å²) in [4.78, 5) is 14.1. The quantitative estimate of drug-likeness (QED) is 0.698. The van der Waals surface area contributed by atoms with E-state index in [9.17, 15) is 4.79 Å². The molecule has 3 heteroatoms. The van der Waals surface area contributed by atoms with Crippen molar-refractivity contribution in [2.24, 2.45) is 11.8 Å². The zero-order chi connectivity index (χ0) is 9.54. The molecule has 2 saturated heterocycles. The molecule has 3 fully saturated rings. The van der Waals surface area contributed by atoms with Crippen molar-refractivity contribution < 1.29 is 4.79 Å². The van der Waals surface area contributed by atoms with Crippen molar-refractivity contribution in [3.63, 3.8) is 0 Å². The molecular weight excluding hydrogens is 176 g/mol. The Hall–Kier alpha value is -0.570. The van der Waals surface area contributed by atoms with E-state index in [4.69, 9.17) is 0 Å². The predicted octanol–water partition coefficient (Wildman–Crippen LogP) is 0.607. The van der Waals surface area contributed by atoms with Crippen LogP contribution in [-0.2, 0) is 4.79 Å². The first-order valence-electron chi connectivity index (χ1n) is 5.83. The average molecular weight is 194 g/mol. The third-order valence-corrected chi connectivity index (χ3v) is 4.06. The van der Waals surface area contributed by atoms with Crippen LogP contribution < -0.4 is 5.32 Å². The van der Waals surface area contributed by atoms with Crippen LogP contribution in [0.4, 0.5) is 0 Å². The van der Waals surface area contributed by atoms with Crippen molar-refractivity contribution in [2.45, 2.75) is 31.7 Å². The van der Waals surface area contributed by atoms with Gasteiger partial charge in [0.25, 0.3) is 0 Å². The summed E-state index contributed by atoms with van der Waals surface area (Å²) in [7, 11) is 0. The fraction of sp³-hybridized carbons (Fsp3) is 0.909. The van der Waals surface area contributed by atoms with Crippen LogP contribution in [0.25, 0.3) is 0 Å². The fourth-order valence-electron chi connectivity index (χ4n) is 3.09. The van der Waals surface area contributed by atoms with Gasteiger partial charge in [-0.05, 0) is 44.2 Å². The second-order valence-corrected chi connectivity index (χ2v) is 5.11. The Bertz CT molecular complexity index is 250. The normalized spacial score (nSPS) is 36.1. The van der Waals surface area contributed by atoms with E-state index in [0.29, 0.717) is 17.9 Å². The summed E-state index contributed by atoms with van der Waals surface area (Å²) in [6.07, 6.45) is 4.70. The van der Waals surface area contributed by atoms with Gasteiger partial charge in [-0.3, -0.25) is 4.79 Å². The number of hydrogen-bond donors (Lipinski definition) is 1. The number of amides is 1. The topological polar surface area (TPSA) is 32.3 Å². The van der Waals surface area contributed by atoms with E-state index in [0.717, 1.165) is 32.0 Å². The van der Waals surface area contributed by atoms with Gasteiger partial charge in [0.15, 0.2) is 0 Å². The molecule has 0 aromatic heterocycles. The second kappa shape index (κ2) is 3.23. The molecule has 3 rings (SSSR count). The minimum absolute atomic E-state index is 0.420. The number of carbonyl (C=O) groups excluding carboxylic acids is 1. The van der Waals surface area contributed by atoms with Gasteiger partial charge >= 0.3 is 0 Å². The molecule has 2 bridgehead atoms. The lowest BCUT2D eigenvalue weighted by atomic mass is 9.98. The zero-order valence-corrected chi connectivity index (χ0v) is 8.54. The molecule has 0 aromatic carbocycles. The van der Waals surface area contributed by atoms with E-state index in [1.807, 2.05) is 0 Å². The molecule has 1 amide bonds. The first-order valence-corrected chi connectivity index (χ1v) is 5.83. The van der Waals surface area contributed by atoms with Crippen LogP contribution in [0.1, 0.15) is 25.7 Å². The fourth-order valence-corrected chi connectivity index (χ4v) is 3.09. The predicted molar refractivity (Wildman–Crippen MR) is 53.8 cm³/mol. The Kier molecular flexibility index (Phi) is 2.01. The largest absolute Gasteiger partial charge is 0.339 e. The molecule has 2 atom stereocenters. The van der Waals surface area contributed by atoms with Gasteiger partial charge in [-0.15, -0.1) is 0 Å². The number of nitrogens with zero attached hydrogens (tertiary/aromatic N) is 1. The molecule has 2 heterocycles. The maximum absolute atomic E-state index is 11.9. The molecular formula is C11H18N2O. The lowest BCUT2D eigenvalue weighted by Crippen LogP contribution is -2.46. The number of nitrogens with one attached hydrogen (secondary N) is 1. The minimum Gasteiger partial charge on any atom is -0.339 e. The van der Waals surface area contributed by atoms with E-state index in [-0.39, 0.29) is 0 Å². The lowest BCUT2D eigenvalue weighted by molar-refractivity contribution is -0.134. The summed E-state index contributed by atoms with van der Waals surface area (Å²) < 4.78 is 0. The van der Waals surface area contributed by atoms with Gasteiger partial charge in [0.05, 0.1) is 0 Å². The highest BCUT2D eigenvalue weighted by atomic mass is 16.2. The van der Waals surface area contributed by atoms with Crippen LogP contribution >= 0.6 is 0 Å². The molecule has 1 N–H and O–H groups in total. The molecule has 2 unspecified atom stereocenters. The van der Waals surface area contributed by atoms with Gasteiger partial charge < -0.3 is 10.2 Å². The van der Waals surface area contributed by atoms with Crippen LogP contribution in [-0.4, -0.2) is 36.5 Å². The highest BCUT2D eigenvalue weighted by molar-refractivity contribution is 5.77. The van der Waals surface area contributed by atoms with Gasteiger partial charge in [-0.1, -0.05) is 0 Å². The van der Waals surface area contributed by atoms with Crippen molar-refractivity contribution in [3.05, 3.63) is 0 Å². The maximum Gasteiger partial charge on any atom is 0.223 e. The Morgan fingerprint density at radius 3 is 2.71 bits per heavy atom. The Morgan fingerprint density at radius 1 is 1.36 bits per heavy atom. The second-order valence-electron chi connectivity index (χ2n) is 5.11. The van der Waals surface area contributed by atoms with Gasteiger partial charge in [0.2, 0.25) is 5.91 Å². The number of fused-ring (bicyclic) bond motifs is 2. The van der Waals surface area contributed by atoms with E-state index in [1.54, 1.807) is 0 Å². The van der Waals surface area contributed by atoms with Crippen LogP contribution in [0.5, 0.6) is 0 Å². The van der Waals surface area contributed by atoms with E-state index in [2.05, 4.69) is 10.2 Å². The highest BCUT2D eigenvalue weighted by Gasteiger charge is 2.40. The van der Waals surface area contributed by atoms with Crippen LogP contribution in [0.2, 0.25) is 0 Å². The third kappa shape index (κ3) is 1.34. The SMILES string of the molecule is O=C(CC1CNC1)N1CC2CCC1C2. The smallest absolute Gasteiger partial charge is 0.223 e. The van der Waals surface area contributed by atoms with E-state index in [1.165, 1.54) is 19.3 Å². The molecule has 3 nitrogen and oxygen atoms in total. The summed E-state index contributed by atoms with van der Waals surface area (Å²) in [6, 6.07) is 0.612. The summed E-state index contributed by atoms with van der Waals surface area (Å²) in [5.41, 5.74) is 0. The summed E-state index contributed by atoms with van der Waals surface area (Å²) >= 11 is 0.